The number of aromatic nitrogens is 4. The van der Waals surface area contributed by atoms with Crippen LogP contribution in [0.25, 0.3) is 11.2 Å². The molecule has 0 amide bonds. The second-order valence-electron chi connectivity index (χ2n) is 17.7. The van der Waals surface area contributed by atoms with Gasteiger partial charge in [-0.2, -0.15) is 0 Å². The van der Waals surface area contributed by atoms with Crippen molar-refractivity contribution in [2.75, 3.05) is 11.9 Å². The number of hydrogen-bond acceptors (Lipinski definition) is 8. The number of rotatable bonds is 11. The lowest BCUT2D eigenvalue weighted by Crippen LogP contribution is -2.54. The van der Waals surface area contributed by atoms with E-state index < -0.39 is 31.2 Å². The van der Waals surface area contributed by atoms with Crippen LogP contribution in [0.15, 0.2) is 43.0 Å². The van der Waals surface area contributed by atoms with Crippen molar-refractivity contribution in [1.82, 2.24) is 19.5 Å². The largest absolute Gasteiger partial charge is 0.414 e. The van der Waals surface area contributed by atoms with Gasteiger partial charge in [-0.3, -0.25) is 4.57 Å². The fourth-order valence-corrected chi connectivity index (χ4v) is 8.44. The highest BCUT2D eigenvalue weighted by molar-refractivity contribution is 6.75. The smallest absolute Gasteiger partial charge is 0.192 e. The fraction of sp³-hybridized carbons (Fsp3) is 0.686. The molecular weight excluding hydrogens is 640 g/mol. The van der Waals surface area contributed by atoms with E-state index in [1.54, 1.807) is 6.33 Å². The van der Waals surface area contributed by atoms with Crippen molar-refractivity contribution < 1.29 is 18.0 Å². The van der Waals surface area contributed by atoms with Crippen LogP contribution in [0.5, 0.6) is 0 Å². The van der Waals surface area contributed by atoms with Crippen LogP contribution in [-0.4, -0.2) is 69.4 Å². The van der Waals surface area contributed by atoms with E-state index in [1.165, 1.54) is 0 Å². The van der Waals surface area contributed by atoms with Crippen LogP contribution in [0, 0.1) is 0 Å². The predicted molar refractivity (Wildman–Crippen MR) is 200 cm³/mol. The van der Waals surface area contributed by atoms with Crippen LogP contribution in [0.2, 0.25) is 54.4 Å². The summed E-state index contributed by atoms with van der Waals surface area (Å²) in [5, 5.41) is 3.53. The molecule has 2 aromatic heterocycles. The summed E-state index contributed by atoms with van der Waals surface area (Å²) in [5.74, 6) is 0.685. The number of nitrogens with zero attached hydrogens (tertiary/aromatic N) is 4. The third-order valence-corrected chi connectivity index (χ3v) is 24.6. The predicted octanol–water partition coefficient (Wildman–Crippen LogP) is 9.14. The van der Waals surface area contributed by atoms with E-state index in [2.05, 4.69) is 124 Å². The monoisotopic (exact) mass is 700 g/mol. The number of benzene rings is 1. The Morgan fingerprint density at radius 1 is 0.745 bits per heavy atom. The Hall–Kier alpha value is -1.94. The quantitative estimate of drug-likeness (QED) is 0.198. The number of nitrogens with one attached hydrogen (secondary N) is 1. The number of anilines is 1. The maximum absolute atomic E-state index is 7.34. The normalized spacial score (nSPS) is 21.9. The Kier molecular flexibility index (Phi) is 10.8. The van der Waals surface area contributed by atoms with Crippen molar-refractivity contribution in [1.29, 1.82) is 0 Å². The molecule has 12 heteroatoms. The summed E-state index contributed by atoms with van der Waals surface area (Å²) in [7, 11) is -6.62. The highest BCUT2D eigenvalue weighted by Crippen LogP contribution is 2.47. The van der Waals surface area contributed by atoms with Gasteiger partial charge in [-0.25, -0.2) is 15.0 Å². The van der Waals surface area contributed by atoms with Gasteiger partial charge in [-0.05, 0) is 60.0 Å². The molecule has 0 saturated carbocycles. The van der Waals surface area contributed by atoms with Crippen molar-refractivity contribution in [2.24, 2.45) is 0 Å². The summed E-state index contributed by atoms with van der Waals surface area (Å²) in [5.41, 5.74) is 2.55. The summed E-state index contributed by atoms with van der Waals surface area (Å²) in [4.78, 5) is 14.1. The van der Waals surface area contributed by atoms with Gasteiger partial charge in [0.1, 0.15) is 24.6 Å². The first kappa shape index (κ1) is 37.9. The molecule has 0 bridgehead atoms. The van der Waals surface area contributed by atoms with E-state index in [0.717, 1.165) is 5.56 Å². The van der Waals surface area contributed by atoms with Crippen LogP contribution in [0.4, 0.5) is 5.82 Å². The second kappa shape index (κ2) is 13.4. The molecule has 1 aromatic carbocycles. The topological polar surface area (TPSA) is 92.6 Å². The molecule has 9 nitrogen and oxygen atoms in total. The molecule has 0 spiro atoms. The third kappa shape index (κ3) is 8.27. The molecule has 0 aliphatic carbocycles. The van der Waals surface area contributed by atoms with Crippen LogP contribution in [0.1, 0.15) is 74.1 Å². The lowest BCUT2D eigenvalue weighted by molar-refractivity contribution is -0.0470. The summed E-state index contributed by atoms with van der Waals surface area (Å²) in [6.07, 6.45) is 1.87. The Bertz CT molecular complexity index is 1490. The van der Waals surface area contributed by atoms with Gasteiger partial charge in [0.25, 0.3) is 0 Å². The Labute approximate surface area is 287 Å². The van der Waals surface area contributed by atoms with E-state index in [0.29, 0.717) is 30.1 Å². The molecule has 3 aromatic rings. The van der Waals surface area contributed by atoms with Gasteiger partial charge < -0.3 is 23.3 Å². The van der Waals surface area contributed by atoms with E-state index in [-0.39, 0.29) is 33.4 Å². The van der Waals surface area contributed by atoms with Crippen LogP contribution < -0.4 is 5.32 Å². The number of fused-ring (bicyclic) bond motifs is 1. The summed E-state index contributed by atoms with van der Waals surface area (Å²) in [6.45, 7) is 35.3. The van der Waals surface area contributed by atoms with Gasteiger partial charge in [-0.1, -0.05) is 92.6 Å². The third-order valence-electron chi connectivity index (χ3n) is 11.1. The average molecular weight is 701 g/mol. The summed E-state index contributed by atoms with van der Waals surface area (Å²) < 4.78 is 30.6. The highest BCUT2D eigenvalue weighted by Gasteiger charge is 2.55. The standard InChI is InChI=1S/C35H61N5O4Si3/c1-33(2,3)45(10,11)41-22-26-28(43-46(12,13)34(4,5)6)29(44-47(14,15)35(7,8)9)32(42-26)40-24-39-27-30(37-23-38-31(27)40)36-21-25-19-17-16-18-20-25/h16-20,23-24,26,28-29,32H,21-22H2,1-15H3,(H,36,37,38)/t26-,28-,29-,32-/m1/s1/i37+1. The zero-order chi connectivity index (χ0) is 35.2. The lowest BCUT2D eigenvalue weighted by atomic mass is 10.1. The van der Waals surface area contributed by atoms with Gasteiger partial charge >= 0.3 is 0 Å². The maximum atomic E-state index is 7.34. The minimum absolute atomic E-state index is 0.00565. The average Bonchev–Trinajstić information content (AvgIpc) is 3.50. The first-order chi connectivity index (χ1) is 21.5. The maximum Gasteiger partial charge on any atom is 0.192 e. The summed E-state index contributed by atoms with van der Waals surface area (Å²) >= 11 is 0. The van der Waals surface area contributed by atoms with Gasteiger partial charge in [0.15, 0.2) is 48.2 Å². The molecule has 262 valence electrons. The molecule has 1 fully saturated rings. The minimum atomic E-state index is -2.29. The Balaban J connectivity index is 1.79. The molecule has 4 atom stereocenters. The first-order valence-electron chi connectivity index (χ1n) is 17.1. The molecule has 1 N–H and O–H groups in total. The summed E-state index contributed by atoms with van der Waals surface area (Å²) in [6, 6.07) is 10.3. The zero-order valence-corrected chi connectivity index (χ0v) is 34.7. The molecule has 4 rings (SSSR count). The van der Waals surface area contributed by atoms with Crippen molar-refractivity contribution in [3.05, 3.63) is 48.5 Å². The number of imidazole rings is 1. The fourth-order valence-electron chi connectivity index (χ4n) is 4.82. The molecular formula is C35H61N5O4Si3. The molecule has 1 saturated heterocycles. The van der Waals surface area contributed by atoms with E-state index in [9.17, 15) is 0 Å². The Morgan fingerprint density at radius 2 is 1.30 bits per heavy atom. The van der Waals surface area contributed by atoms with Crippen LogP contribution in [0.3, 0.4) is 0 Å². The van der Waals surface area contributed by atoms with Crippen LogP contribution >= 0.6 is 0 Å². The van der Waals surface area contributed by atoms with Gasteiger partial charge in [0.2, 0.25) is 0 Å². The number of ether oxygens (including phenoxy) is 1. The van der Waals surface area contributed by atoms with E-state index >= 15 is 0 Å². The van der Waals surface area contributed by atoms with Crippen molar-refractivity contribution in [3.8, 4) is 0 Å². The lowest BCUT2D eigenvalue weighted by Gasteiger charge is -2.44. The Morgan fingerprint density at radius 3 is 1.85 bits per heavy atom. The van der Waals surface area contributed by atoms with Gasteiger partial charge in [0.05, 0.1) is 12.9 Å². The SMILES string of the molecule is CC(C)(C)[Si](C)(C)OC[C@H]1O[C@@H](n2cnc3c(NCc4ccccc4)[15n]cnc32)[C@H](O[Si](C)(C)C(C)(C)C)[C@@H]1O[Si](C)(C)C(C)(C)C. The number of hydrogen-bond donors (Lipinski definition) is 1. The van der Waals surface area contributed by atoms with Gasteiger partial charge in [-0.15, -0.1) is 0 Å². The van der Waals surface area contributed by atoms with E-state index in [1.807, 2.05) is 29.1 Å². The molecule has 3 heterocycles. The zero-order valence-electron chi connectivity index (χ0n) is 31.7. The second-order valence-corrected chi connectivity index (χ2v) is 32.0. The highest BCUT2D eigenvalue weighted by atomic mass is 28.4. The van der Waals surface area contributed by atoms with Crippen molar-refractivity contribution >= 4 is 41.9 Å². The first-order valence-corrected chi connectivity index (χ1v) is 25.8. The molecule has 0 radical (unpaired) electrons. The molecule has 47 heavy (non-hydrogen) atoms. The molecule has 1 aliphatic heterocycles. The minimum Gasteiger partial charge on any atom is -0.414 e. The molecule has 1 aliphatic rings. The van der Waals surface area contributed by atoms with Gasteiger partial charge in [0, 0.05) is 6.54 Å². The molecule has 0 unspecified atom stereocenters. The van der Waals surface area contributed by atoms with Crippen molar-refractivity contribution in [3.63, 3.8) is 0 Å². The van der Waals surface area contributed by atoms with E-state index in [4.69, 9.17) is 28.0 Å². The van der Waals surface area contributed by atoms with Crippen LogP contribution in [-0.2, 0) is 24.6 Å². The van der Waals surface area contributed by atoms with Crippen molar-refractivity contribution in [2.45, 2.75) is 148 Å².